The van der Waals surface area contributed by atoms with E-state index in [1.807, 2.05) is 4.57 Å². The summed E-state index contributed by atoms with van der Waals surface area (Å²) in [5.41, 5.74) is 10.1. The highest BCUT2D eigenvalue weighted by atomic mass is 36.0. The third kappa shape index (κ3) is 23.3. The molecule has 0 fully saturated rings. The van der Waals surface area contributed by atoms with E-state index in [1.165, 1.54) is 25.7 Å². The smallest absolute Gasteiger partial charge is 0.339 e. The zero-order valence-corrected chi connectivity index (χ0v) is 53.1. The Balaban J connectivity index is 0.000000303. The predicted molar refractivity (Wildman–Crippen MR) is 335 cm³/mol. The lowest BCUT2D eigenvalue weighted by molar-refractivity contribution is -0.139. The number of carboxylic acids is 3. The summed E-state index contributed by atoms with van der Waals surface area (Å²) in [5, 5.41) is 27.7. The van der Waals surface area contributed by atoms with E-state index in [1.54, 1.807) is 125 Å². The number of nitrogens with zero attached hydrogens (tertiary/aromatic N) is 4. The number of nitrogens with one attached hydrogen (secondary N) is 2. The van der Waals surface area contributed by atoms with Gasteiger partial charge in [0, 0.05) is 66.7 Å². The van der Waals surface area contributed by atoms with Gasteiger partial charge in [-0.15, -0.1) is 0 Å². The summed E-state index contributed by atoms with van der Waals surface area (Å²) >= 11 is 13.8. The molecule has 26 heteroatoms. The Labute approximate surface area is 525 Å². The topological polar surface area (TPSA) is 302 Å². The number of hydrogen-bond donors (Lipinski definition) is 5. The number of carbonyl (C=O) groups is 8. The minimum atomic E-state index is -3.22. The predicted octanol–water partition coefficient (Wildman–Crippen LogP) is 13.2. The minimum Gasteiger partial charge on any atom is -0.481 e. The van der Waals surface area contributed by atoms with Gasteiger partial charge in [0.2, 0.25) is 23.8 Å². The molecule has 3 aliphatic rings. The lowest BCUT2D eigenvalue weighted by Crippen LogP contribution is -2.19. The average molecular weight is 1300 g/mol. The first-order valence-corrected chi connectivity index (χ1v) is 32.9. The van der Waals surface area contributed by atoms with Crippen LogP contribution in [0.4, 0.5) is 0 Å². The third-order valence-corrected chi connectivity index (χ3v) is 13.4. The van der Waals surface area contributed by atoms with Gasteiger partial charge in [-0.05, 0) is 176 Å². The maximum Gasteiger partial charge on any atom is 0.339 e. The van der Waals surface area contributed by atoms with Crippen molar-refractivity contribution in [2.75, 3.05) is 13.2 Å². The average Bonchev–Trinajstić information content (AvgIpc) is 3.01. The van der Waals surface area contributed by atoms with Gasteiger partial charge < -0.3 is 48.3 Å². The monoisotopic (exact) mass is 1300 g/mol. The van der Waals surface area contributed by atoms with Crippen LogP contribution in [0.15, 0.2) is 114 Å². The quantitative estimate of drug-likeness (QED) is 0.00994. The Kier molecular flexibility index (Phi) is 32.9. The molecule has 3 aromatic heterocycles. The molecule has 5 N–H and O–H groups in total. The Hall–Kier alpha value is -8.01. The molecule has 22 nitrogen and oxygen atoms in total. The molecular weight excluding hydrogens is 1220 g/mol. The molecule has 6 aromatic rings. The number of ether oxygens (including phenoxy) is 1. The highest BCUT2D eigenvalue weighted by Crippen LogP contribution is 2.61. The number of halogens is 3. The highest BCUT2D eigenvalue weighted by Gasteiger charge is 2.34. The van der Waals surface area contributed by atoms with Crippen molar-refractivity contribution in [3.8, 4) is 17.2 Å². The Morgan fingerprint density at radius 3 is 1.14 bits per heavy atom. The van der Waals surface area contributed by atoms with Crippen molar-refractivity contribution in [2.45, 2.75) is 137 Å². The van der Waals surface area contributed by atoms with Crippen LogP contribution in [-0.2, 0) is 52.9 Å². The number of unbranched alkanes of at least 4 members (excludes halogenated alkanes) is 3. The molecule has 0 saturated heterocycles. The number of carboxylic acid groups (broad SMARTS) is 3. The van der Waals surface area contributed by atoms with E-state index in [0.717, 1.165) is 19.4 Å². The van der Waals surface area contributed by atoms with E-state index in [9.17, 15) is 58.2 Å². The summed E-state index contributed by atoms with van der Waals surface area (Å²) in [4.78, 5) is 106. The van der Waals surface area contributed by atoms with Crippen LogP contribution < -0.4 is 25.5 Å². The van der Waals surface area contributed by atoms with Crippen molar-refractivity contribution in [3.05, 3.63) is 160 Å². The molecule has 9 rings (SSSR count). The van der Waals surface area contributed by atoms with Crippen molar-refractivity contribution >= 4 is 93.8 Å². The molecule has 0 saturated carbocycles. The third-order valence-electron chi connectivity index (χ3n) is 13.4. The van der Waals surface area contributed by atoms with Crippen molar-refractivity contribution in [3.63, 3.8) is 0 Å². The number of carbonyl (C=O) groups excluding carboxylic acids is 5. The van der Waals surface area contributed by atoms with Crippen molar-refractivity contribution < 1.29 is 77.5 Å². The molecule has 3 atom stereocenters. The molecule has 3 aliphatic heterocycles. The second-order valence-corrected chi connectivity index (χ2v) is 26.0. The molecular formula is C62H76Cl3N6O16P. The molecule has 476 valence electrons. The first kappa shape index (κ1) is 74.2. The van der Waals surface area contributed by atoms with E-state index in [4.69, 9.17) is 14.5 Å². The summed E-state index contributed by atoms with van der Waals surface area (Å²) in [5.74, 6) is -3.05. The summed E-state index contributed by atoms with van der Waals surface area (Å²) in [6.07, 6.45) is 9.35. The fourth-order valence-electron chi connectivity index (χ4n) is 8.75. The number of hydrogen-bond acceptors (Lipinski definition) is 15. The van der Waals surface area contributed by atoms with Crippen LogP contribution in [0.1, 0.15) is 182 Å². The summed E-state index contributed by atoms with van der Waals surface area (Å²) in [6, 6.07) is 30.0. The van der Waals surface area contributed by atoms with Gasteiger partial charge in [-0.25, -0.2) is 0 Å². The largest absolute Gasteiger partial charge is 0.481 e. The molecule has 6 heterocycles. The Bertz CT molecular complexity index is 3250. The first-order valence-electron chi connectivity index (χ1n) is 28.4. The van der Waals surface area contributed by atoms with Gasteiger partial charge in [-0.3, -0.25) is 42.9 Å². The molecule has 0 aliphatic carbocycles. The number of hydroxylamine groups is 2. The van der Waals surface area contributed by atoms with E-state index >= 15 is 0 Å². The number of rotatable bonds is 23. The highest BCUT2D eigenvalue weighted by molar-refractivity contribution is 8.24. The van der Waals surface area contributed by atoms with Crippen LogP contribution in [0.2, 0.25) is 0 Å². The second-order valence-electron chi connectivity index (χ2n) is 19.3. The number of benzene rings is 3. The van der Waals surface area contributed by atoms with Crippen LogP contribution in [0.3, 0.4) is 0 Å². The zero-order valence-electron chi connectivity index (χ0n) is 49.9. The van der Waals surface area contributed by atoms with E-state index in [2.05, 4.69) is 95.9 Å². The van der Waals surface area contributed by atoms with Crippen molar-refractivity contribution in [1.29, 1.82) is 0 Å². The van der Waals surface area contributed by atoms with Crippen molar-refractivity contribution in [1.82, 2.24) is 24.7 Å². The van der Waals surface area contributed by atoms with Crippen LogP contribution in [0.25, 0.3) is 0 Å². The number of aromatic nitrogens is 3. The summed E-state index contributed by atoms with van der Waals surface area (Å²) in [6.45, 7) is 19.1. The SMILES string of the molecule is C=NOc1ccc(C(=O)c2ccc3n2CCC3C(=O)O)cc1.CCCC.CCCC.CCCCNOc1ccc(C(=O)c2ccc3n2CCC3C(=O)O)cc1.CCOC=O.O=CNOc1ccc(C(=O)c2ccc3n2CCC3C(=O)O)cc1.O=P(Cl)(Cl)Cl. The van der Waals surface area contributed by atoms with Crippen LogP contribution >= 0.6 is 38.9 Å². The molecule has 3 unspecified atom stereocenters. The lowest BCUT2D eigenvalue weighted by atomic mass is 10.1. The van der Waals surface area contributed by atoms with Gasteiger partial charge in [0.15, 0.2) is 11.5 Å². The number of amides is 1. The molecule has 3 aromatic carbocycles. The lowest BCUT2D eigenvalue weighted by Gasteiger charge is -2.08. The molecule has 1 amide bonds. The van der Waals surface area contributed by atoms with Crippen LogP contribution in [-0.4, -0.2) is 97.0 Å². The second kappa shape index (κ2) is 39.0. The van der Waals surface area contributed by atoms with Gasteiger partial charge >= 0.3 is 23.1 Å². The maximum absolute atomic E-state index is 12.7. The van der Waals surface area contributed by atoms with Crippen LogP contribution in [0, 0.1) is 0 Å². The van der Waals surface area contributed by atoms with Crippen LogP contribution in [0.5, 0.6) is 17.2 Å². The fraction of sp³-hybridized carbons (Fsp3) is 0.371. The number of oxime groups is 1. The molecule has 0 radical (unpaired) electrons. The Morgan fingerprint density at radius 1 is 0.545 bits per heavy atom. The van der Waals surface area contributed by atoms with Gasteiger partial charge in [0.1, 0.15) is 5.75 Å². The van der Waals surface area contributed by atoms with Crippen molar-refractivity contribution in [2.24, 2.45) is 5.16 Å². The summed E-state index contributed by atoms with van der Waals surface area (Å²) in [7, 11) is 0. The van der Waals surface area contributed by atoms with Gasteiger partial charge in [-0.2, -0.15) is 11.0 Å². The maximum atomic E-state index is 12.7. The number of fused-ring (bicyclic) bond motifs is 3. The number of aliphatic carboxylic acids is 3. The van der Waals surface area contributed by atoms with E-state index < -0.39 is 40.9 Å². The number of ketones is 3. The van der Waals surface area contributed by atoms with E-state index in [0.29, 0.717) is 126 Å². The van der Waals surface area contributed by atoms with Gasteiger partial charge in [0.25, 0.3) is 6.47 Å². The van der Waals surface area contributed by atoms with E-state index in [-0.39, 0.29) is 17.3 Å². The zero-order chi connectivity index (χ0) is 65.3. The molecule has 0 spiro atoms. The minimum absolute atomic E-state index is 0.109. The van der Waals surface area contributed by atoms with Gasteiger partial charge in [-0.1, -0.05) is 71.9 Å². The fourth-order valence-corrected chi connectivity index (χ4v) is 8.75. The van der Waals surface area contributed by atoms with Gasteiger partial charge in [0.05, 0.1) is 41.4 Å². The Morgan fingerprint density at radius 2 is 0.875 bits per heavy atom. The normalized spacial score (nSPS) is 14.4. The molecule has 88 heavy (non-hydrogen) atoms. The summed E-state index contributed by atoms with van der Waals surface area (Å²) < 4.78 is 19.0. The molecule has 0 bridgehead atoms. The first-order chi connectivity index (χ1) is 42.1. The standard InChI is InChI=1S/C19H22N2O4.C16H14N2O5.C16H14N2O4.2C4H10.C3H6O2.Cl3OP/c1-2-3-11-20-25-14-6-4-13(5-7-14)18(22)17-9-8-16-15(19(23)24)10-12-21(16)17;19-9-17-23-11-3-1-10(2-4-11)15(20)14-6-5-13-12(16(21)22)7-8-18(13)14;1-17-22-11-4-2-10(3-5-11)15(19)14-7-6-13-12(16(20)21)8-9-18(13)14;2*1-3-4-2;1-2-5-3-4;1-5(2,3)4/h4-9,15,20H,2-3,10-12H2,1H3,(H,23,24);1-6,9,12H,7-8H2,(H,17,19)(H,21,22);2-7,12H,1,8-9H2,(H,20,21);2*3-4H2,1-2H3;3H,2H2,1H3;.